The van der Waals surface area contributed by atoms with Crippen LogP contribution in [0.4, 0.5) is 0 Å². The van der Waals surface area contributed by atoms with Crippen LogP contribution in [0.25, 0.3) is 0 Å². The second kappa shape index (κ2) is 4.42. The number of nitrogens with zero attached hydrogens (tertiary/aromatic N) is 1. The lowest BCUT2D eigenvalue weighted by Gasteiger charge is -2.03. The van der Waals surface area contributed by atoms with E-state index in [1.54, 1.807) is 0 Å². The number of rotatable bonds is 4. The number of nitrogens with one attached hydrogen (secondary N) is 1. The molecular weight excluding hydrogens is 162 g/mol. The van der Waals surface area contributed by atoms with E-state index < -0.39 is 0 Å². The van der Waals surface area contributed by atoms with Crippen molar-refractivity contribution in [1.29, 1.82) is 0 Å². The summed E-state index contributed by atoms with van der Waals surface area (Å²) in [5, 5.41) is 0. The van der Waals surface area contributed by atoms with E-state index in [1.165, 1.54) is 11.4 Å². The Balaban J connectivity index is 2.67. The lowest BCUT2D eigenvalue weighted by Crippen LogP contribution is -2.13. The Kier molecular flexibility index (Phi) is 3.48. The highest BCUT2D eigenvalue weighted by Gasteiger charge is 2.07. The second-order valence-electron chi connectivity index (χ2n) is 3.65. The Bertz CT molecular complexity index is 265. The molecular formula is C10H19N3. The highest BCUT2D eigenvalue weighted by molar-refractivity contribution is 5.13. The fourth-order valence-electron chi connectivity index (χ4n) is 1.42. The van der Waals surface area contributed by atoms with Crippen molar-refractivity contribution in [3.8, 4) is 0 Å². The van der Waals surface area contributed by atoms with Gasteiger partial charge in [-0.1, -0.05) is 13.8 Å². The van der Waals surface area contributed by atoms with Gasteiger partial charge in [-0.3, -0.25) is 0 Å². The lowest BCUT2D eigenvalue weighted by atomic mass is 10.1. The van der Waals surface area contributed by atoms with Crippen molar-refractivity contribution >= 4 is 0 Å². The van der Waals surface area contributed by atoms with Crippen LogP contribution in [0, 0.1) is 12.8 Å². The largest absolute Gasteiger partial charge is 0.346 e. The molecule has 0 aliphatic heterocycles. The van der Waals surface area contributed by atoms with E-state index >= 15 is 0 Å². The summed E-state index contributed by atoms with van der Waals surface area (Å²) in [5.41, 5.74) is 7.93. The van der Waals surface area contributed by atoms with Gasteiger partial charge >= 0.3 is 0 Å². The van der Waals surface area contributed by atoms with Gasteiger partial charge in [0.2, 0.25) is 0 Å². The molecule has 1 aromatic rings. The molecule has 1 rings (SSSR count). The van der Waals surface area contributed by atoms with Gasteiger partial charge in [-0.15, -0.1) is 0 Å². The van der Waals surface area contributed by atoms with E-state index in [-0.39, 0.29) is 0 Å². The van der Waals surface area contributed by atoms with Crippen molar-refractivity contribution in [3.05, 3.63) is 17.2 Å². The first-order valence-electron chi connectivity index (χ1n) is 4.91. The Labute approximate surface area is 79.8 Å². The molecule has 0 bridgehead atoms. The monoisotopic (exact) mass is 181 g/mol. The van der Waals surface area contributed by atoms with Crippen LogP contribution in [0.2, 0.25) is 0 Å². The zero-order chi connectivity index (χ0) is 9.84. The van der Waals surface area contributed by atoms with Crippen LogP contribution in [-0.4, -0.2) is 16.5 Å². The van der Waals surface area contributed by atoms with Crippen LogP contribution >= 0.6 is 0 Å². The molecule has 0 spiro atoms. The zero-order valence-electron chi connectivity index (χ0n) is 8.72. The molecule has 1 unspecified atom stereocenters. The number of hydrogen-bond acceptors (Lipinski definition) is 2. The zero-order valence-corrected chi connectivity index (χ0v) is 8.72. The molecule has 0 fully saturated rings. The predicted octanol–water partition coefficient (Wildman–Crippen LogP) is 1.42. The average molecular weight is 181 g/mol. The molecule has 0 saturated heterocycles. The van der Waals surface area contributed by atoms with Gasteiger partial charge in [0, 0.05) is 12.1 Å². The van der Waals surface area contributed by atoms with E-state index in [1.807, 2.05) is 0 Å². The molecule has 1 aromatic heterocycles. The minimum Gasteiger partial charge on any atom is -0.346 e. The molecule has 0 saturated carbocycles. The van der Waals surface area contributed by atoms with Crippen molar-refractivity contribution in [1.82, 2.24) is 9.97 Å². The summed E-state index contributed by atoms with van der Waals surface area (Å²) in [6.07, 6.45) is 1.96. The second-order valence-corrected chi connectivity index (χ2v) is 3.65. The van der Waals surface area contributed by atoms with E-state index in [0.717, 1.165) is 25.2 Å². The average Bonchev–Trinajstić information content (AvgIpc) is 2.46. The SMILES string of the molecule is CCc1nc(CC(C)CN)[nH]c1C. The normalized spacial score (nSPS) is 13.2. The summed E-state index contributed by atoms with van der Waals surface area (Å²) in [5.74, 6) is 1.59. The maximum absolute atomic E-state index is 5.56. The topological polar surface area (TPSA) is 54.7 Å². The van der Waals surface area contributed by atoms with Crippen LogP contribution in [0.5, 0.6) is 0 Å². The minimum absolute atomic E-state index is 0.509. The van der Waals surface area contributed by atoms with Crippen molar-refractivity contribution in [3.63, 3.8) is 0 Å². The summed E-state index contributed by atoms with van der Waals surface area (Å²) in [6.45, 7) is 7.06. The fraction of sp³-hybridized carbons (Fsp3) is 0.700. The van der Waals surface area contributed by atoms with Gasteiger partial charge in [-0.05, 0) is 25.8 Å². The van der Waals surface area contributed by atoms with Crippen molar-refractivity contribution < 1.29 is 0 Å². The lowest BCUT2D eigenvalue weighted by molar-refractivity contribution is 0.576. The van der Waals surface area contributed by atoms with Gasteiger partial charge in [0.05, 0.1) is 5.69 Å². The Morgan fingerprint density at radius 1 is 1.54 bits per heavy atom. The molecule has 3 N–H and O–H groups in total. The molecule has 3 heteroatoms. The molecule has 3 nitrogen and oxygen atoms in total. The van der Waals surface area contributed by atoms with Crippen molar-refractivity contribution in [2.75, 3.05) is 6.54 Å². The molecule has 0 amide bonds. The first-order valence-corrected chi connectivity index (χ1v) is 4.91. The molecule has 74 valence electrons. The third-order valence-electron chi connectivity index (χ3n) is 2.31. The van der Waals surface area contributed by atoms with Gasteiger partial charge in [0.25, 0.3) is 0 Å². The quantitative estimate of drug-likeness (QED) is 0.738. The van der Waals surface area contributed by atoms with Crippen LogP contribution in [-0.2, 0) is 12.8 Å². The van der Waals surface area contributed by atoms with Crippen molar-refractivity contribution in [2.45, 2.75) is 33.6 Å². The summed E-state index contributed by atoms with van der Waals surface area (Å²) in [6, 6.07) is 0. The summed E-state index contributed by atoms with van der Waals surface area (Å²) < 4.78 is 0. The number of hydrogen-bond donors (Lipinski definition) is 2. The molecule has 0 aromatic carbocycles. The maximum atomic E-state index is 5.56. The number of aromatic amines is 1. The number of H-pyrrole nitrogens is 1. The number of imidazole rings is 1. The number of aromatic nitrogens is 2. The van der Waals surface area contributed by atoms with Gasteiger partial charge in [-0.2, -0.15) is 0 Å². The number of nitrogens with two attached hydrogens (primary N) is 1. The summed E-state index contributed by atoms with van der Waals surface area (Å²) in [7, 11) is 0. The fourth-order valence-corrected chi connectivity index (χ4v) is 1.42. The van der Waals surface area contributed by atoms with Crippen LogP contribution in [0.15, 0.2) is 0 Å². The molecule has 1 heterocycles. The Morgan fingerprint density at radius 2 is 2.23 bits per heavy atom. The Hall–Kier alpha value is -0.830. The highest BCUT2D eigenvalue weighted by Crippen LogP contribution is 2.09. The molecule has 1 atom stereocenters. The Morgan fingerprint density at radius 3 is 2.69 bits per heavy atom. The highest BCUT2D eigenvalue weighted by atomic mass is 14.9. The molecule has 0 radical (unpaired) electrons. The van der Waals surface area contributed by atoms with Crippen LogP contribution in [0.1, 0.15) is 31.1 Å². The predicted molar refractivity (Wildman–Crippen MR) is 54.6 cm³/mol. The van der Waals surface area contributed by atoms with Gasteiger partial charge in [0.1, 0.15) is 5.82 Å². The molecule has 0 aliphatic carbocycles. The first kappa shape index (κ1) is 10.3. The van der Waals surface area contributed by atoms with E-state index in [4.69, 9.17) is 5.73 Å². The van der Waals surface area contributed by atoms with E-state index in [9.17, 15) is 0 Å². The maximum Gasteiger partial charge on any atom is 0.106 e. The number of aryl methyl sites for hydroxylation is 2. The molecule has 0 aliphatic rings. The van der Waals surface area contributed by atoms with Crippen LogP contribution < -0.4 is 5.73 Å². The smallest absolute Gasteiger partial charge is 0.106 e. The third kappa shape index (κ3) is 2.56. The van der Waals surface area contributed by atoms with Gasteiger partial charge < -0.3 is 10.7 Å². The van der Waals surface area contributed by atoms with Gasteiger partial charge in [-0.25, -0.2) is 4.98 Å². The summed E-state index contributed by atoms with van der Waals surface area (Å²) in [4.78, 5) is 7.80. The minimum atomic E-state index is 0.509. The van der Waals surface area contributed by atoms with Crippen LogP contribution in [0.3, 0.4) is 0 Å². The first-order chi connectivity index (χ1) is 6.17. The third-order valence-corrected chi connectivity index (χ3v) is 2.31. The van der Waals surface area contributed by atoms with E-state index in [2.05, 4.69) is 30.7 Å². The van der Waals surface area contributed by atoms with Crippen molar-refractivity contribution in [2.24, 2.45) is 11.7 Å². The van der Waals surface area contributed by atoms with Gasteiger partial charge in [0.15, 0.2) is 0 Å². The van der Waals surface area contributed by atoms with E-state index in [0.29, 0.717) is 5.92 Å². The summed E-state index contributed by atoms with van der Waals surface area (Å²) >= 11 is 0. The standard InChI is InChI=1S/C10H19N3/c1-4-9-8(3)12-10(13-9)5-7(2)6-11/h7H,4-6,11H2,1-3H3,(H,12,13). The molecule has 13 heavy (non-hydrogen) atoms.